The minimum absolute atomic E-state index is 0.458. The van der Waals surface area contributed by atoms with Crippen LogP contribution >= 0.6 is 0 Å². The average molecular weight is 360 g/mol. The van der Waals surface area contributed by atoms with E-state index in [1.807, 2.05) is 56.3 Å². The molecule has 0 radical (unpaired) electrons. The maximum absolute atomic E-state index is 5.91. The van der Waals surface area contributed by atoms with Gasteiger partial charge in [0.1, 0.15) is 11.5 Å². The summed E-state index contributed by atoms with van der Waals surface area (Å²) in [7, 11) is 0. The summed E-state index contributed by atoms with van der Waals surface area (Å²) in [6.45, 7) is 4.61. The van der Waals surface area contributed by atoms with Crippen LogP contribution in [0.25, 0.3) is 10.9 Å². The van der Waals surface area contributed by atoms with Gasteiger partial charge in [0.15, 0.2) is 0 Å². The molecule has 0 saturated heterocycles. The van der Waals surface area contributed by atoms with E-state index < -0.39 is 0 Å². The van der Waals surface area contributed by atoms with Gasteiger partial charge < -0.3 is 19.8 Å². The Labute approximate surface area is 157 Å². The van der Waals surface area contributed by atoms with Crippen molar-refractivity contribution in [3.63, 3.8) is 0 Å². The van der Waals surface area contributed by atoms with Crippen LogP contribution in [0.15, 0.2) is 60.8 Å². The summed E-state index contributed by atoms with van der Waals surface area (Å²) < 4.78 is 11.4. The van der Waals surface area contributed by atoms with E-state index in [2.05, 4.69) is 26.3 Å². The smallest absolute Gasteiger partial charge is 0.230 e. The van der Waals surface area contributed by atoms with Crippen molar-refractivity contribution in [3.05, 3.63) is 66.5 Å². The van der Waals surface area contributed by atoms with Gasteiger partial charge in [-0.25, -0.2) is 4.98 Å². The van der Waals surface area contributed by atoms with Crippen molar-refractivity contribution in [1.82, 2.24) is 15.0 Å². The Morgan fingerprint density at radius 2 is 1.96 bits per heavy atom. The fraction of sp³-hybridized carbons (Fsp3) is 0.143. The number of nitrogens with one attached hydrogen (secondary N) is 2. The molecular formula is C21H20N4O2. The Hall–Kier alpha value is -3.54. The molecule has 6 nitrogen and oxygen atoms in total. The summed E-state index contributed by atoms with van der Waals surface area (Å²) in [6.07, 6.45) is 1.66. The van der Waals surface area contributed by atoms with Crippen molar-refractivity contribution in [2.24, 2.45) is 0 Å². The second kappa shape index (κ2) is 7.37. The zero-order valence-electron chi connectivity index (χ0n) is 15.2. The highest BCUT2D eigenvalue weighted by molar-refractivity contribution is 5.81. The van der Waals surface area contributed by atoms with Crippen LogP contribution in [0.1, 0.15) is 12.6 Å². The number of fused-ring (bicyclic) bond motifs is 1. The third-order valence-corrected chi connectivity index (χ3v) is 3.98. The van der Waals surface area contributed by atoms with Crippen molar-refractivity contribution >= 4 is 22.5 Å². The number of aromatic nitrogens is 3. The molecule has 0 spiro atoms. The van der Waals surface area contributed by atoms with Crippen LogP contribution in [0.3, 0.4) is 0 Å². The van der Waals surface area contributed by atoms with Crippen molar-refractivity contribution < 1.29 is 9.47 Å². The zero-order valence-corrected chi connectivity index (χ0v) is 15.2. The standard InChI is InChI=1S/C21H20N4O2/c1-3-26-17-6-4-5-16(13-17)24-21-22-10-9-20(25-21)27-18-7-8-19-15(12-18)11-14(2)23-19/h4-13,23H,3H2,1-2H3,(H,22,24,25). The van der Waals surface area contributed by atoms with Crippen molar-refractivity contribution in [1.29, 1.82) is 0 Å². The van der Waals surface area contributed by atoms with Gasteiger partial charge >= 0.3 is 0 Å². The highest BCUT2D eigenvalue weighted by atomic mass is 16.5. The van der Waals surface area contributed by atoms with Crippen LogP contribution in [0.4, 0.5) is 11.6 Å². The summed E-state index contributed by atoms with van der Waals surface area (Å²) in [5.41, 5.74) is 3.05. The maximum Gasteiger partial charge on any atom is 0.230 e. The van der Waals surface area contributed by atoms with Gasteiger partial charge in [-0.3, -0.25) is 0 Å². The van der Waals surface area contributed by atoms with E-state index in [1.165, 1.54) is 0 Å². The fourth-order valence-electron chi connectivity index (χ4n) is 2.86. The molecule has 136 valence electrons. The zero-order chi connectivity index (χ0) is 18.6. The SMILES string of the molecule is CCOc1cccc(Nc2nccc(Oc3ccc4[nH]c(C)cc4c3)n2)c1. The van der Waals surface area contributed by atoms with Gasteiger partial charge in [0.25, 0.3) is 0 Å². The van der Waals surface area contributed by atoms with Crippen molar-refractivity contribution in [3.8, 4) is 17.4 Å². The molecule has 2 heterocycles. The Bertz CT molecular complexity index is 1070. The first-order valence-electron chi connectivity index (χ1n) is 8.80. The van der Waals surface area contributed by atoms with Gasteiger partial charge in [-0.2, -0.15) is 4.98 Å². The Morgan fingerprint density at radius 1 is 1.04 bits per heavy atom. The molecule has 27 heavy (non-hydrogen) atoms. The van der Waals surface area contributed by atoms with E-state index in [1.54, 1.807) is 12.3 Å². The number of hydrogen-bond donors (Lipinski definition) is 2. The molecule has 4 aromatic rings. The van der Waals surface area contributed by atoms with Crippen LogP contribution in [-0.2, 0) is 0 Å². The molecule has 0 bridgehead atoms. The predicted molar refractivity (Wildman–Crippen MR) is 106 cm³/mol. The van der Waals surface area contributed by atoms with Gasteiger partial charge in [-0.1, -0.05) is 6.07 Å². The second-order valence-electron chi connectivity index (χ2n) is 6.11. The number of benzene rings is 2. The molecule has 6 heteroatoms. The summed E-state index contributed by atoms with van der Waals surface area (Å²) in [6, 6.07) is 17.4. The van der Waals surface area contributed by atoms with Gasteiger partial charge in [0, 0.05) is 40.6 Å². The number of H-pyrrole nitrogens is 1. The van der Waals surface area contributed by atoms with Crippen LogP contribution in [0.2, 0.25) is 0 Å². The van der Waals surface area contributed by atoms with E-state index in [9.17, 15) is 0 Å². The Kier molecular flexibility index (Phi) is 4.61. The summed E-state index contributed by atoms with van der Waals surface area (Å²) >= 11 is 0. The monoisotopic (exact) mass is 360 g/mol. The van der Waals surface area contributed by atoms with Crippen LogP contribution in [-0.4, -0.2) is 21.6 Å². The quantitative estimate of drug-likeness (QED) is 0.494. The van der Waals surface area contributed by atoms with Crippen LogP contribution in [0.5, 0.6) is 17.4 Å². The lowest BCUT2D eigenvalue weighted by molar-refractivity contribution is 0.340. The summed E-state index contributed by atoms with van der Waals surface area (Å²) in [4.78, 5) is 12.0. The number of hydrogen-bond acceptors (Lipinski definition) is 5. The largest absolute Gasteiger partial charge is 0.494 e. The first-order chi connectivity index (χ1) is 13.2. The number of anilines is 2. The molecule has 4 rings (SSSR count). The second-order valence-corrected chi connectivity index (χ2v) is 6.11. The highest BCUT2D eigenvalue weighted by Crippen LogP contribution is 2.26. The molecule has 2 N–H and O–H groups in total. The van der Waals surface area contributed by atoms with Crippen molar-refractivity contribution in [2.45, 2.75) is 13.8 Å². The van der Waals surface area contributed by atoms with E-state index in [0.29, 0.717) is 18.4 Å². The van der Waals surface area contributed by atoms with Gasteiger partial charge in [0.2, 0.25) is 11.8 Å². The first-order valence-corrected chi connectivity index (χ1v) is 8.80. The van der Waals surface area contributed by atoms with E-state index in [0.717, 1.165) is 33.8 Å². The highest BCUT2D eigenvalue weighted by Gasteiger charge is 2.05. The van der Waals surface area contributed by atoms with Gasteiger partial charge in [-0.05, 0) is 50.2 Å². The Morgan fingerprint density at radius 3 is 2.85 bits per heavy atom. The molecule has 0 saturated carbocycles. The van der Waals surface area contributed by atoms with Crippen LogP contribution in [0, 0.1) is 6.92 Å². The lowest BCUT2D eigenvalue weighted by Crippen LogP contribution is -1.99. The molecule has 0 fully saturated rings. The molecule has 2 aromatic carbocycles. The molecule has 0 unspecified atom stereocenters. The van der Waals surface area contributed by atoms with E-state index in [4.69, 9.17) is 9.47 Å². The maximum atomic E-state index is 5.91. The lowest BCUT2D eigenvalue weighted by atomic mass is 10.2. The van der Waals surface area contributed by atoms with Crippen LogP contribution < -0.4 is 14.8 Å². The lowest BCUT2D eigenvalue weighted by Gasteiger charge is -2.09. The number of aryl methyl sites for hydroxylation is 1. The number of ether oxygens (including phenoxy) is 2. The molecule has 0 atom stereocenters. The minimum atomic E-state index is 0.458. The number of nitrogens with zero attached hydrogens (tertiary/aromatic N) is 2. The number of aromatic amines is 1. The molecule has 0 aliphatic heterocycles. The van der Waals surface area contributed by atoms with E-state index >= 15 is 0 Å². The summed E-state index contributed by atoms with van der Waals surface area (Å²) in [5.74, 6) is 2.45. The third-order valence-electron chi connectivity index (χ3n) is 3.98. The molecule has 0 aliphatic carbocycles. The van der Waals surface area contributed by atoms with E-state index in [-0.39, 0.29) is 0 Å². The molecule has 0 amide bonds. The molecule has 0 aliphatic rings. The summed E-state index contributed by atoms with van der Waals surface area (Å²) in [5, 5.41) is 4.28. The normalized spacial score (nSPS) is 10.7. The fourth-order valence-corrected chi connectivity index (χ4v) is 2.86. The first kappa shape index (κ1) is 16.9. The predicted octanol–water partition coefficient (Wildman–Crippen LogP) is 5.20. The van der Waals surface area contributed by atoms with Gasteiger partial charge in [-0.15, -0.1) is 0 Å². The molecule has 2 aromatic heterocycles. The molecular weight excluding hydrogens is 340 g/mol. The number of rotatable bonds is 6. The van der Waals surface area contributed by atoms with Gasteiger partial charge in [0.05, 0.1) is 6.61 Å². The third kappa shape index (κ3) is 4.00. The topological polar surface area (TPSA) is 72.1 Å². The Balaban J connectivity index is 1.52. The van der Waals surface area contributed by atoms with Crippen molar-refractivity contribution in [2.75, 3.05) is 11.9 Å². The average Bonchev–Trinajstić information content (AvgIpc) is 3.02. The minimum Gasteiger partial charge on any atom is -0.494 e.